The topological polar surface area (TPSA) is 63.4 Å². The molecule has 0 aromatic carbocycles. The Morgan fingerprint density at radius 1 is 1.61 bits per heavy atom. The van der Waals surface area contributed by atoms with Crippen LogP contribution in [0.4, 0.5) is 11.5 Å². The van der Waals surface area contributed by atoms with E-state index in [1.165, 1.54) is 6.42 Å². The molecule has 2 rings (SSSR count). The van der Waals surface area contributed by atoms with Crippen LogP contribution in [0.15, 0.2) is 18.3 Å². The van der Waals surface area contributed by atoms with Crippen molar-refractivity contribution in [1.82, 2.24) is 4.98 Å². The predicted octanol–water partition coefficient (Wildman–Crippen LogP) is 1.76. The molecule has 1 aromatic rings. The first-order valence-corrected chi connectivity index (χ1v) is 6.62. The molecule has 0 spiro atoms. The first kappa shape index (κ1) is 13.1. The van der Waals surface area contributed by atoms with Gasteiger partial charge in [0.2, 0.25) is 0 Å². The molecule has 5 heteroatoms. The third-order valence-electron chi connectivity index (χ3n) is 3.19. The van der Waals surface area contributed by atoms with Gasteiger partial charge in [-0.25, -0.2) is 10.8 Å². The number of hydrogen-bond acceptors (Lipinski definition) is 5. The second kappa shape index (κ2) is 6.56. The number of hydrazine groups is 1. The van der Waals surface area contributed by atoms with Gasteiger partial charge in [-0.15, -0.1) is 0 Å². The van der Waals surface area contributed by atoms with Crippen molar-refractivity contribution in [3.8, 4) is 0 Å². The molecule has 1 saturated heterocycles. The quantitative estimate of drug-likeness (QED) is 0.616. The maximum absolute atomic E-state index is 5.84. The normalized spacial score (nSPS) is 19.9. The molecule has 1 unspecified atom stereocenters. The van der Waals surface area contributed by atoms with Gasteiger partial charge in [-0.2, -0.15) is 0 Å². The summed E-state index contributed by atoms with van der Waals surface area (Å²) < 4.78 is 5.84. The van der Waals surface area contributed by atoms with Crippen LogP contribution in [0, 0.1) is 0 Å². The van der Waals surface area contributed by atoms with Crippen molar-refractivity contribution in [3.63, 3.8) is 0 Å². The van der Waals surface area contributed by atoms with Crippen molar-refractivity contribution in [2.45, 2.75) is 32.3 Å². The first-order chi connectivity index (χ1) is 8.83. The fourth-order valence-corrected chi connectivity index (χ4v) is 2.29. The average molecular weight is 250 g/mol. The van der Waals surface area contributed by atoms with Gasteiger partial charge in [-0.1, -0.05) is 6.92 Å². The van der Waals surface area contributed by atoms with Crippen molar-refractivity contribution < 1.29 is 4.74 Å². The van der Waals surface area contributed by atoms with E-state index in [1.54, 1.807) is 6.20 Å². The van der Waals surface area contributed by atoms with Gasteiger partial charge in [0.1, 0.15) is 5.82 Å². The molecular weight excluding hydrogens is 228 g/mol. The minimum absolute atomic E-state index is 0.348. The molecule has 2 heterocycles. The Balaban J connectivity index is 1.98. The Kier molecular flexibility index (Phi) is 4.78. The summed E-state index contributed by atoms with van der Waals surface area (Å²) in [5.74, 6) is 6.08. The number of anilines is 2. The summed E-state index contributed by atoms with van der Waals surface area (Å²) >= 11 is 0. The lowest BCUT2D eigenvalue weighted by Crippen LogP contribution is -2.39. The highest BCUT2D eigenvalue weighted by Crippen LogP contribution is 2.22. The molecular formula is C13H22N4O. The van der Waals surface area contributed by atoms with E-state index < -0.39 is 0 Å². The van der Waals surface area contributed by atoms with Gasteiger partial charge < -0.3 is 15.1 Å². The summed E-state index contributed by atoms with van der Waals surface area (Å²) in [4.78, 5) is 6.47. The van der Waals surface area contributed by atoms with E-state index in [4.69, 9.17) is 10.6 Å². The van der Waals surface area contributed by atoms with E-state index in [0.717, 1.165) is 38.2 Å². The Labute approximate surface area is 108 Å². The summed E-state index contributed by atoms with van der Waals surface area (Å²) in [7, 11) is 0. The third-order valence-corrected chi connectivity index (χ3v) is 3.19. The standard InChI is InChI=1S/C13H22N4O/c1-2-8-18-12-4-3-7-17(10-12)11-5-6-15-13(9-11)16-14/h5-6,9,12H,2-4,7-8,10,14H2,1H3,(H,15,16). The number of nitrogens with two attached hydrogens (primary N) is 1. The number of aromatic nitrogens is 1. The summed E-state index contributed by atoms with van der Waals surface area (Å²) in [5.41, 5.74) is 3.74. The zero-order valence-electron chi connectivity index (χ0n) is 10.9. The number of hydrogen-bond donors (Lipinski definition) is 2. The van der Waals surface area contributed by atoms with Crippen molar-refractivity contribution in [2.24, 2.45) is 5.84 Å². The fraction of sp³-hybridized carbons (Fsp3) is 0.615. The largest absolute Gasteiger partial charge is 0.376 e. The summed E-state index contributed by atoms with van der Waals surface area (Å²) in [6.45, 7) is 5.02. The van der Waals surface area contributed by atoms with E-state index in [-0.39, 0.29) is 0 Å². The van der Waals surface area contributed by atoms with Crippen LogP contribution < -0.4 is 16.2 Å². The van der Waals surface area contributed by atoms with Gasteiger partial charge in [0.05, 0.1) is 6.10 Å². The van der Waals surface area contributed by atoms with Crippen molar-refractivity contribution in [1.29, 1.82) is 0 Å². The molecule has 0 bridgehead atoms. The summed E-state index contributed by atoms with van der Waals surface area (Å²) in [6, 6.07) is 3.99. The molecule has 0 radical (unpaired) electrons. The lowest BCUT2D eigenvalue weighted by Gasteiger charge is -2.34. The van der Waals surface area contributed by atoms with Crippen molar-refractivity contribution in [2.75, 3.05) is 30.0 Å². The van der Waals surface area contributed by atoms with Crippen molar-refractivity contribution in [3.05, 3.63) is 18.3 Å². The zero-order valence-corrected chi connectivity index (χ0v) is 10.9. The van der Waals surface area contributed by atoms with E-state index in [0.29, 0.717) is 11.9 Å². The summed E-state index contributed by atoms with van der Waals surface area (Å²) in [5, 5.41) is 0. The Morgan fingerprint density at radius 2 is 2.50 bits per heavy atom. The second-order valence-corrected chi connectivity index (χ2v) is 4.62. The number of nitrogens with one attached hydrogen (secondary N) is 1. The molecule has 1 fully saturated rings. The number of piperidine rings is 1. The molecule has 5 nitrogen and oxygen atoms in total. The van der Waals surface area contributed by atoms with E-state index in [1.807, 2.05) is 12.1 Å². The first-order valence-electron chi connectivity index (χ1n) is 6.62. The highest BCUT2D eigenvalue weighted by molar-refractivity contribution is 5.53. The van der Waals surface area contributed by atoms with Crippen LogP contribution in [0.1, 0.15) is 26.2 Å². The van der Waals surface area contributed by atoms with Gasteiger partial charge in [0.15, 0.2) is 0 Å². The fourth-order valence-electron chi connectivity index (χ4n) is 2.29. The Bertz CT molecular complexity index is 372. The van der Waals surface area contributed by atoms with Crippen LogP contribution in [0.5, 0.6) is 0 Å². The van der Waals surface area contributed by atoms with Crippen LogP contribution in [-0.4, -0.2) is 30.8 Å². The molecule has 1 aromatic heterocycles. The van der Waals surface area contributed by atoms with Crippen LogP contribution in [0.25, 0.3) is 0 Å². The monoisotopic (exact) mass is 250 g/mol. The predicted molar refractivity (Wildman–Crippen MR) is 73.5 cm³/mol. The molecule has 0 amide bonds. The van der Waals surface area contributed by atoms with E-state index in [2.05, 4.69) is 22.2 Å². The molecule has 0 saturated carbocycles. The zero-order chi connectivity index (χ0) is 12.8. The van der Waals surface area contributed by atoms with Crippen LogP contribution in [0.2, 0.25) is 0 Å². The van der Waals surface area contributed by atoms with Gasteiger partial charge in [0, 0.05) is 37.6 Å². The maximum atomic E-state index is 5.84. The van der Waals surface area contributed by atoms with E-state index in [9.17, 15) is 0 Å². The van der Waals surface area contributed by atoms with Crippen molar-refractivity contribution >= 4 is 11.5 Å². The van der Waals surface area contributed by atoms with E-state index >= 15 is 0 Å². The molecule has 1 atom stereocenters. The van der Waals surface area contributed by atoms with Crippen LogP contribution >= 0.6 is 0 Å². The van der Waals surface area contributed by atoms with Gasteiger partial charge in [0.25, 0.3) is 0 Å². The lowest BCUT2D eigenvalue weighted by atomic mass is 10.1. The van der Waals surface area contributed by atoms with Gasteiger partial charge in [-0.3, -0.25) is 0 Å². The smallest absolute Gasteiger partial charge is 0.141 e. The number of nitrogen functional groups attached to an aromatic ring is 1. The highest BCUT2D eigenvalue weighted by atomic mass is 16.5. The third kappa shape index (κ3) is 3.34. The number of pyridine rings is 1. The summed E-state index contributed by atoms with van der Waals surface area (Å²) in [6.07, 6.45) is 5.53. The number of ether oxygens (including phenoxy) is 1. The minimum Gasteiger partial charge on any atom is -0.376 e. The SMILES string of the molecule is CCCOC1CCCN(c2ccnc(NN)c2)C1. The number of nitrogens with zero attached hydrogens (tertiary/aromatic N) is 2. The van der Waals surface area contributed by atoms with Crippen LogP contribution in [0.3, 0.4) is 0 Å². The van der Waals surface area contributed by atoms with Crippen LogP contribution in [-0.2, 0) is 4.74 Å². The highest BCUT2D eigenvalue weighted by Gasteiger charge is 2.20. The lowest BCUT2D eigenvalue weighted by molar-refractivity contribution is 0.0440. The van der Waals surface area contributed by atoms with Gasteiger partial charge >= 0.3 is 0 Å². The maximum Gasteiger partial charge on any atom is 0.141 e. The molecule has 0 aliphatic carbocycles. The molecule has 100 valence electrons. The molecule has 3 N–H and O–H groups in total. The Morgan fingerprint density at radius 3 is 3.28 bits per heavy atom. The van der Waals surface area contributed by atoms with Gasteiger partial charge in [-0.05, 0) is 25.3 Å². The number of rotatable bonds is 5. The molecule has 18 heavy (non-hydrogen) atoms. The molecule has 1 aliphatic heterocycles. The Hall–Kier alpha value is -1.33. The second-order valence-electron chi connectivity index (χ2n) is 4.62. The minimum atomic E-state index is 0.348. The molecule has 1 aliphatic rings. The average Bonchev–Trinajstić information content (AvgIpc) is 2.45.